The van der Waals surface area contributed by atoms with Gasteiger partial charge in [0.2, 0.25) is 11.2 Å². The Morgan fingerprint density at radius 3 is 2.39 bits per heavy atom. The summed E-state index contributed by atoms with van der Waals surface area (Å²) in [7, 11) is 1.51. The van der Waals surface area contributed by atoms with Crippen LogP contribution in [0.4, 0.5) is 18.9 Å². The number of ether oxygens (including phenoxy) is 2. The third kappa shape index (κ3) is 5.05. The fourth-order valence-electron chi connectivity index (χ4n) is 3.90. The molecule has 0 spiro atoms. The van der Waals surface area contributed by atoms with Crippen LogP contribution in [0, 0.1) is 13.8 Å². The van der Waals surface area contributed by atoms with E-state index in [9.17, 15) is 22.8 Å². The number of benzene rings is 3. The third-order valence-electron chi connectivity index (χ3n) is 5.50. The molecule has 0 atom stereocenters. The average molecular weight is 497 g/mol. The number of hydrogen-bond donors (Lipinski definition) is 1. The normalized spacial score (nSPS) is 11.4. The molecule has 0 bridgehead atoms. The van der Waals surface area contributed by atoms with Gasteiger partial charge in [0, 0.05) is 5.56 Å². The van der Waals surface area contributed by atoms with Crippen molar-refractivity contribution in [3.8, 4) is 22.8 Å². The molecule has 0 saturated heterocycles. The molecule has 0 aliphatic carbocycles. The average Bonchev–Trinajstić information content (AvgIpc) is 2.82. The molecule has 186 valence electrons. The van der Waals surface area contributed by atoms with E-state index in [2.05, 4.69) is 5.32 Å². The molecule has 0 saturated carbocycles. The van der Waals surface area contributed by atoms with Gasteiger partial charge in [0.05, 0.1) is 23.7 Å². The molecule has 1 N–H and O–H groups in total. The second-order valence-electron chi connectivity index (χ2n) is 8.15. The zero-order chi connectivity index (χ0) is 26.0. The van der Waals surface area contributed by atoms with E-state index in [-0.39, 0.29) is 16.9 Å². The van der Waals surface area contributed by atoms with E-state index in [0.29, 0.717) is 22.5 Å². The Balaban J connectivity index is 1.72. The van der Waals surface area contributed by atoms with Crippen molar-refractivity contribution in [1.82, 2.24) is 0 Å². The van der Waals surface area contributed by atoms with E-state index < -0.39 is 35.4 Å². The van der Waals surface area contributed by atoms with Crippen molar-refractivity contribution in [2.45, 2.75) is 20.0 Å². The van der Waals surface area contributed by atoms with Crippen LogP contribution in [0.25, 0.3) is 22.3 Å². The Morgan fingerprint density at radius 2 is 1.72 bits per heavy atom. The molecule has 0 unspecified atom stereocenters. The highest BCUT2D eigenvalue weighted by molar-refractivity contribution is 5.93. The van der Waals surface area contributed by atoms with Gasteiger partial charge in [0.15, 0.2) is 12.4 Å². The Hall–Kier alpha value is -4.27. The summed E-state index contributed by atoms with van der Waals surface area (Å²) in [6, 6.07) is 14.8. The number of rotatable bonds is 6. The molecular formula is C27H22F3NO5. The van der Waals surface area contributed by atoms with Crippen LogP contribution in [0.15, 0.2) is 69.9 Å². The molecule has 1 heterocycles. The molecule has 4 rings (SSSR count). The van der Waals surface area contributed by atoms with Crippen molar-refractivity contribution in [2.75, 3.05) is 19.0 Å². The molecule has 6 nitrogen and oxygen atoms in total. The molecule has 1 amide bonds. The smallest absolute Gasteiger partial charge is 0.418 e. The van der Waals surface area contributed by atoms with Gasteiger partial charge in [-0.2, -0.15) is 13.2 Å². The quantitative estimate of drug-likeness (QED) is 0.347. The third-order valence-corrected chi connectivity index (χ3v) is 5.50. The first kappa shape index (κ1) is 24.8. The van der Waals surface area contributed by atoms with E-state index in [1.54, 1.807) is 37.3 Å². The van der Waals surface area contributed by atoms with E-state index in [1.165, 1.54) is 19.2 Å². The minimum Gasteiger partial charge on any atom is -0.497 e. The number of aryl methyl sites for hydroxylation is 2. The van der Waals surface area contributed by atoms with Crippen LogP contribution in [0.3, 0.4) is 0 Å². The first-order valence-electron chi connectivity index (χ1n) is 10.9. The number of halogens is 3. The number of anilines is 1. The van der Waals surface area contributed by atoms with Crippen molar-refractivity contribution in [1.29, 1.82) is 0 Å². The highest BCUT2D eigenvalue weighted by Gasteiger charge is 2.33. The Bertz CT molecular complexity index is 1490. The first-order valence-corrected chi connectivity index (χ1v) is 10.9. The minimum atomic E-state index is -4.65. The monoisotopic (exact) mass is 497 g/mol. The van der Waals surface area contributed by atoms with Crippen LogP contribution < -0.4 is 20.2 Å². The van der Waals surface area contributed by atoms with Crippen molar-refractivity contribution >= 4 is 22.6 Å². The highest BCUT2D eigenvalue weighted by atomic mass is 19.4. The molecule has 4 aromatic rings. The van der Waals surface area contributed by atoms with E-state index in [1.807, 2.05) is 13.0 Å². The van der Waals surface area contributed by atoms with Gasteiger partial charge in [-0.25, -0.2) is 0 Å². The van der Waals surface area contributed by atoms with Crippen LogP contribution in [0.1, 0.15) is 16.7 Å². The molecule has 0 fully saturated rings. The number of nitrogens with one attached hydrogen (secondary N) is 1. The summed E-state index contributed by atoms with van der Waals surface area (Å²) in [6.45, 7) is 2.91. The number of alkyl halides is 3. The molecular weight excluding hydrogens is 475 g/mol. The summed E-state index contributed by atoms with van der Waals surface area (Å²) in [5, 5.41) is 2.49. The standard InChI is InChI=1S/C27H22F3NO5/c1-15-12-16(2)23-21(13-15)36-25(17-8-10-18(34-3)11-9-17)26(24(23)33)35-14-22(32)31-20-7-5-4-6-19(20)27(28,29)30/h4-13H,14H2,1-3H3,(H,31,32). The number of amides is 1. The maximum atomic E-state index is 13.4. The van der Waals surface area contributed by atoms with Crippen molar-refractivity contribution in [3.05, 3.63) is 87.6 Å². The van der Waals surface area contributed by atoms with Gasteiger partial charge in [0.1, 0.15) is 11.3 Å². The lowest BCUT2D eigenvalue weighted by molar-refractivity contribution is -0.137. The highest BCUT2D eigenvalue weighted by Crippen LogP contribution is 2.35. The number of fused-ring (bicyclic) bond motifs is 1. The minimum absolute atomic E-state index is 0.0867. The maximum Gasteiger partial charge on any atom is 0.418 e. The number of methoxy groups -OCH3 is 1. The molecule has 0 radical (unpaired) electrons. The summed E-state index contributed by atoms with van der Waals surface area (Å²) < 4.78 is 56.6. The first-order chi connectivity index (χ1) is 17.1. The van der Waals surface area contributed by atoms with Gasteiger partial charge >= 0.3 is 6.18 Å². The largest absolute Gasteiger partial charge is 0.497 e. The SMILES string of the molecule is COc1ccc(-c2oc3cc(C)cc(C)c3c(=O)c2OCC(=O)Nc2ccccc2C(F)(F)F)cc1. The van der Waals surface area contributed by atoms with Gasteiger partial charge in [-0.3, -0.25) is 9.59 Å². The van der Waals surface area contributed by atoms with E-state index in [4.69, 9.17) is 13.9 Å². The number of carbonyl (C=O) groups is 1. The summed E-state index contributed by atoms with van der Waals surface area (Å²) >= 11 is 0. The Morgan fingerprint density at radius 1 is 1.03 bits per heavy atom. The van der Waals surface area contributed by atoms with Gasteiger partial charge in [-0.15, -0.1) is 0 Å². The molecule has 0 aliphatic heterocycles. The zero-order valence-electron chi connectivity index (χ0n) is 19.7. The lowest BCUT2D eigenvalue weighted by Gasteiger charge is -2.15. The fraction of sp³-hybridized carbons (Fsp3) is 0.185. The molecule has 1 aromatic heterocycles. The van der Waals surface area contributed by atoms with Gasteiger partial charge in [-0.1, -0.05) is 18.2 Å². The second-order valence-corrected chi connectivity index (χ2v) is 8.15. The topological polar surface area (TPSA) is 77.8 Å². The predicted molar refractivity (Wildman–Crippen MR) is 130 cm³/mol. The van der Waals surface area contributed by atoms with E-state index in [0.717, 1.165) is 17.7 Å². The molecule has 0 aliphatic rings. The Labute approximate surface area is 204 Å². The van der Waals surface area contributed by atoms with Crippen LogP contribution in [0.5, 0.6) is 11.5 Å². The predicted octanol–water partition coefficient (Wildman–Crippen LogP) is 6.12. The van der Waals surface area contributed by atoms with Crippen LogP contribution in [0.2, 0.25) is 0 Å². The summed E-state index contributed by atoms with van der Waals surface area (Å²) in [5.74, 6) is -0.422. The summed E-state index contributed by atoms with van der Waals surface area (Å²) in [6.07, 6.45) is -4.65. The van der Waals surface area contributed by atoms with Gasteiger partial charge < -0.3 is 19.2 Å². The number of carbonyl (C=O) groups excluding carboxylic acids is 1. The lowest BCUT2D eigenvalue weighted by atomic mass is 10.0. The number of hydrogen-bond acceptors (Lipinski definition) is 5. The number of para-hydroxylation sites is 1. The van der Waals surface area contributed by atoms with Crippen LogP contribution >= 0.6 is 0 Å². The Kier molecular flexibility index (Phi) is 6.74. The van der Waals surface area contributed by atoms with Gasteiger partial charge in [-0.05, 0) is 67.4 Å². The van der Waals surface area contributed by atoms with Crippen LogP contribution in [-0.4, -0.2) is 19.6 Å². The fourth-order valence-corrected chi connectivity index (χ4v) is 3.90. The van der Waals surface area contributed by atoms with Crippen molar-refractivity contribution < 1.29 is 31.9 Å². The molecule has 36 heavy (non-hydrogen) atoms. The maximum absolute atomic E-state index is 13.4. The van der Waals surface area contributed by atoms with E-state index >= 15 is 0 Å². The zero-order valence-corrected chi connectivity index (χ0v) is 19.7. The lowest BCUT2D eigenvalue weighted by Crippen LogP contribution is -2.24. The van der Waals surface area contributed by atoms with Crippen LogP contribution in [-0.2, 0) is 11.0 Å². The van der Waals surface area contributed by atoms with Gasteiger partial charge in [0.25, 0.3) is 5.91 Å². The van der Waals surface area contributed by atoms with Crippen molar-refractivity contribution in [2.24, 2.45) is 0 Å². The van der Waals surface area contributed by atoms with Crippen molar-refractivity contribution in [3.63, 3.8) is 0 Å². The second kappa shape index (κ2) is 9.77. The summed E-state index contributed by atoms with van der Waals surface area (Å²) in [4.78, 5) is 26.0. The summed E-state index contributed by atoms with van der Waals surface area (Å²) in [5.41, 5.74) is 0.488. The molecule has 9 heteroatoms. The molecule has 3 aromatic carbocycles.